The van der Waals surface area contributed by atoms with Gasteiger partial charge >= 0.3 is 6.18 Å². The predicted octanol–water partition coefficient (Wildman–Crippen LogP) is 4.44. The van der Waals surface area contributed by atoms with Crippen LogP contribution in [0.1, 0.15) is 29.3 Å². The summed E-state index contributed by atoms with van der Waals surface area (Å²) in [4.78, 5) is 7.44. The number of rotatable bonds is 3. The van der Waals surface area contributed by atoms with Gasteiger partial charge in [0.05, 0.1) is 0 Å². The Balaban J connectivity index is 1.99. The van der Waals surface area contributed by atoms with Crippen LogP contribution in [0.5, 0.6) is 0 Å². The van der Waals surface area contributed by atoms with Gasteiger partial charge in [0, 0.05) is 10.9 Å². The van der Waals surface area contributed by atoms with Gasteiger partial charge in [-0.3, -0.25) is 0 Å². The smallest absolute Gasteiger partial charge is 0.216 e. The number of aromatic nitrogens is 4. The van der Waals surface area contributed by atoms with E-state index in [2.05, 4.69) is 15.1 Å². The third kappa shape index (κ3) is 3.35. The van der Waals surface area contributed by atoms with E-state index in [9.17, 15) is 17.6 Å². The second-order valence-electron chi connectivity index (χ2n) is 5.19. The fourth-order valence-corrected chi connectivity index (χ4v) is 3.26. The molecule has 126 valence electrons. The monoisotopic (exact) mass is 356 g/mol. The van der Waals surface area contributed by atoms with Gasteiger partial charge in [0.15, 0.2) is 0 Å². The van der Waals surface area contributed by atoms with Crippen LogP contribution in [0.15, 0.2) is 35.4 Å². The molecular formula is C15H12F4N4S. The molecule has 24 heavy (non-hydrogen) atoms. The van der Waals surface area contributed by atoms with Crippen LogP contribution in [0.2, 0.25) is 0 Å². The van der Waals surface area contributed by atoms with Gasteiger partial charge in [-0.15, -0.1) is 5.10 Å². The Kier molecular flexibility index (Phi) is 4.20. The van der Waals surface area contributed by atoms with E-state index in [1.165, 1.54) is 23.9 Å². The van der Waals surface area contributed by atoms with Crippen molar-refractivity contribution in [1.82, 2.24) is 19.6 Å². The molecule has 1 aromatic carbocycles. The van der Waals surface area contributed by atoms with E-state index in [-0.39, 0.29) is 16.8 Å². The summed E-state index contributed by atoms with van der Waals surface area (Å²) < 4.78 is 52.5. The van der Waals surface area contributed by atoms with Crippen LogP contribution in [0.3, 0.4) is 0 Å². The summed E-state index contributed by atoms with van der Waals surface area (Å²) in [6, 6.07) is 7.61. The first kappa shape index (κ1) is 16.7. The second-order valence-corrected chi connectivity index (χ2v) is 6.55. The molecule has 9 heteroatoms. The van der Waals surface area contributed by atoms with E-state index < -0.39 is 12.0 Å². The van der Waals surface area contributed by atoms with Crippen molar-refractivity contribution in [3.8, 4) is 0 Å². The summed E-state index contributed by atoms with van der Waals surface area (Å²) in [6.45, 7) is 3.55. The second kappa shape index (κ2) is 6.04. The van der Waals surface area contributed by atoms with E-state index in [4.69, 9.17) is 0 Å². The molecular weight excluding hydrogens is 344 g/mol. The lowest BCUT2D eigenvalue weighted by molar-refractivity contribution is -0.144. The molecule has 0 bridgehead atoms. The van der Waals surface area contributed by atoms with Crippen LogP contribution < -0.4 is 0 Å². The van der Waals surface area contributed by atoms with E-state index in [0.29, 0.717) is 10.7 Å². The Bertz CT molecular complexity index is 874. The zero-order chi connectivity index (χ0) is 17.5. The molecule has 0 fully saturated rings. The fraction of sp³-hybridized carbons (Fsp3) is 0.267. The number of hydrogen-bond donors (Lipinski definition) is 0. The zero-order valence-electron chi connectivity index (χ0n) is 12.7. The average Bonchev–Trinajstić information content (AvgIpc) is 2.92. The third-order valence-electron chi connectivity index (χ3n) is 3.30. The molecule has 3 aromatic rings. The highest BCUT2D eigenvalue weighted by Crippen LogP contribution is 2.35. The molecule has 0 N–H and O–H groups in total. The minimum atomic E-state index is -4.63. The SMILES string of the molecule is Cc1cc(SC(C)c2ccc(F)cc2)n2nc(C(F)(F)F)nc2n1. The first-order valence-electron chi connectivity index (χ1n) is 6.98. The molecule has 0 saturated carbocycles. The number of benzene rings is 1. The first-order valence-corrected chi connectivity index (χ1v) is 7.86. The molecule has 0 aliphatic carbocycles. The van der Waals surface area contributed by atoms with Gasteiger partial charge in [0.25, 0.3) is 11.6 Å². The van der Waals surface area contributed by atoms with Gasteiger partial charge < -0.3 is 0 Å². The summed E-state index contributed by atoms with van der Waals surface area (Å²) >= 11 is 1.30. The number of thioether (sulfide) groups is 1. The van der Waals surface area contributed by atoms with Crippen LogP contribution in [-0.4, -0.2) is 19.6 Å². The topological polar surface area (TPSA) is 43.1 Å². The van der Waals surface area contributed by atoms with Crippen molar-refractivity contribution in [3.05, 3.63) is 53.2 Å². The summed E-state index contributed by atoms with van der Waals surface area (Å²) in [5.74, 6) is -1.67. The van der Waals surface area contributed by atoms with Gasteiger partial charge in [-0.25, -0.2) is 9.37 Å². The van der Waals surface area contributed by atoms with Gasteiger partial charge in [-0.05, 0) is 37.6 Å². The lowest BCUT2D eigenvalue weighted by Gasteiger charge is -2.12. The van der Waals surface area contributed by atoms with Crippen LogP contribution in [0, 0.1) is 12.7 Å². The summed E-state index contributed by atoms with van der Waals surface area (Å²) in [7, 11) is 0. The van der Waals surface area contributed by atoms with Crippen LogP contribution in [-0.2, 0) is 6.18 Å². The molecule has 2 heterocycles. The van der Waals surface area contributed by atoms with Crippen molar-refractivity contribution in [3.63, 3.8) is 0 Å². The highest BCUT2D eigenvalue weighted by molar-refractivity contribution is 7.99. The summed E-state index contributed by atoms with van der Waals surface area (Å²) in [6.07, 6.45) is -4.63. The van der Waals surface area contributed by atoms with Gasteiger partial charge in [-0.1, -0.05) is 23.9 Å². The number of nitrogens with zero attached hydrogens (tertiary/aromatic N) is 4. The molecule has 0 radical (unpaired) electrons. The average molecular weight is 356 g/mol. The largest absolute Gasteiger partial charge is 0.453 e. The van der Waals surface area contributed by atoms with Gasteiger partial charge in [0.1, 0.15) is 10.8 Å². The van der Waals surface area contributed by atoms with Crippen LogP contribution >= 0.6 is 11.8 Å². The molecule has 0 amide bonds. The van der Waals surface area contributed by atoms with Crippen molar-refractivity contribution in [2.75, 3.05) is 0 Å². The third-order valence-corrected chi connectivity index (χ3v) is 4.46. The normalized spacial score (nSPS) is 13.4. The number of aryl methyl sites for hydroxylation is 1. The van der Waals surface area contributed by atoms with E-state index in [1.54, 1.807) is 25.1 Å². The quantitative estimate of drug-likeness (QED) is 0.395. The maximum absolute atomic E-state index is 13.0. The number of fused-ring (bicyclic) bond motifs is 1. The van der Waals surface area contributed by atoms with E-state index >= 15 is 0 Å². The van der Waals surface area contributed by atoms with Crippen LogP contribution in [0.25, 0.3) is 5.78 Å². The standard InChI is InChI=1S/C15H12F4N4S/c1-8-7-12(24-9(2)10-3-5-11(16)6-4-10)23-14(20-8)21-13(22-23)15(17,18)19/h3-7,9H,1-2H3. The predicted molar refractivity (Wildman–Crippen MR) is 81.2 cm³/mol. The molecule has 3 rings (SSSR count). The highest BCUT2D eigenvalue weighted by Gasteiger charge is 2.37. The molecule has 4 nitrogen and oxygen atoms in total. The first-order chi connectivity index (χ1) is 11.2. The Labute approximate surface area is 138 Å². The van der Waals surface area contributed by atoms with E-state index in [1.807, 2.05) is 6.92 Å². The Hall–Kier alpha value is -2.16. The molecule has 0 aliphatic heterocycles. The summed E-state index contributed by atoms with van der Waals surface area (Å²) in [5, 5.41) is 3.89. The Morgan fingerprint density at radius 2 is 1.79 bits per heavy atom. The lowest BCUT2D eigenvalue weighted by atomic mass is 10.2. The maximum atomic E-state index is 13.0. The molecule has 0 aliphatic rings. The lowest BCUT2D eigenvalue weighted by Crippen LogP contribution is -2.08. The van der Waals surface area contributed by atoms with Gasteiger partial charge in [0.2, 0.25) is 0 Å². The molecule has 1 atom stereocenters. The molecule has 0 spiro atoms. The molecule has 0 saturated heterocycles. The zero-order valence-corrected chi connectivity index (χ0v) is 13.5. The summed E-state index contributed by atoms with van der Waals surface area (Å²) in [5.41, 5.74) is 1.39. The van der Waals surface area contributed by atoms with Crippen molar-refractivity contribution in [2.45, 2.75) is 30.3 Å². The molecule has 1 unspecified atom stereocenters. The Morgan fingerprint density at radius 1 is 1.12 bits per heavy atom. The fourth-order valence-electron chi connectivity index (χ4n) is 2.14. The van der Waals surface area contributed by atoms with Gasteiger partial charge in [-0.2, -0.15) is 22.7 Å². The van der Waals surface area contributed by atoms with Crippen molar-refractivity contribution in [1.29, 1.82) is 0 Å². The minimum absolute atomic E-state index is 0.101. The molecule has 2 aromatic heterocycles. The van der Waals surface area contributed by atoms with Crippen molar-refractivity contribution >= 4 is 17.5 Å². The van der Waals surface area contributed by atoms with Crippen LogP contribution in [0.4, 0.5) is 17.6 Å². The Morgan fingerprint density at radius 3 is 2.42 bits per heavy atom. The minimum Gasteiger partial charge on any atom is -0.216 e. The number of hydrogen-bond acceptors (Lipinski definition) is 4. The number of alkyl halides is 3. The highest BCUT2D eigenvalue weighted by atomic mass is 32.2. The van der Waals surface area contributed by atoms with Crippen molar-refractivity contribution in [2.24, 2.45) is 0 Å². The maximum Gasteiger partial charge on any atom is 0.453 e. The number of halogens is 4. The van der Waals surface area contributed by atoms with Crippen molar-refractivity contribution < 1.29 is 17.6 Å². The van der Waals surface area contributed by atoms with E-state index in [0.717, 1.165) is 10.1 Å².